The van der Waals surface area contributed by atoms with Gasteiger partial charge in [0.25, 0.3) is 0 Å². The van der Waals surface area contributed by atoms with E-state index in [0.717, 1.165) is 18.4 Å². The van der Waals surface area contributed by atoms with Gasteiger partial charge in [-0.1, -0.05) is 19.7 Å². The van der Waals surface area contributed by atoms with Crippen LogP contribution < -0.4 is 11.5 Å². The van der Waals surface area contributed by atoms with Gasteiger partial charge in [0.05, 0.1) is 6.26 Å². The van der Waals surface area contributed by atoms with Crippen molar-refractivity contribution in [2.45, 2.75) is 0 Å². The zero-order valence-corrected chi connectivity index (χ0v) is 7.27. The summed E-state index contributed by atoms with van der Waals surface area (Å²) >= 11 is 0. The van der Waals surface area contributed by atoms with Crippen LogP contribution in [0, 0.1) is 0 Å². The van der Waals surface area contributed by atoms with Gasteiger partial charge in [-0.05, 0) is 12.2 Å². The molecule has 0 aromatic carbocycles. The first-order valence-corrected chi connectivity index (χ1v) is 3.05. The van der Waals surface area contributed by atoms with Crippen LogP contribution in [0.15, 0.2) is 38.2 Å². The van der Waals surface area contributed by atoms with E-state index in [0.29, 0.717) is 0 Å². The molecule has 0 aromatic rings. The molecule has 0 spiro atoms. The molecule has 2 amide bonds. The van der Waals surface area contributed by atoms with Crippen molar-refractivity contribution in [3.8, 4) is 0 Å². The van der Waals surface area contributed by atoms with Crippen molar-refractivity contribution in [3.05, 3.63) is 38.2 Å². The molecule has 74 valence electrons. The Labute approximate surface area is 77.0 Å². The summed E-state index contributed by atoms with van der Waals surface area (Å²) in [5.74, 6) is -0.963. The third-order valence-corrected chi connectivity index (χ3v) is 0.402. The molecule has 0 bridgehead atoms. The van der Waals surface area contributed by atoms with Crippen molar-refractivity contribution >= 4 is 11.8 Å². The van der Waals surface area contributed by atoms with Gasteiger partial charge in [-0.2, -0.15) is 0 Å². The summed E-state index contributed by atoms with van der Waals surface area (Å²) in [6.07, 6.45) is 2.86. The monoisotopic (exact) mass is 186 g/mol. The second-order valence-corrected chi connectivity index (χ2v) is 1.40. The number of amides is 2. The SMILES string of the molecule is C=CC(N)=O.C=CC(N)=O.C=CO. The van der Waals surface area contributed by atoms with Gasteiger partial charge in [-0.25, -0.2) is 0 Å². The van der Waals surface area contributed by atoms with Gasteiger partial charge in [-0.15, -0.1) is 0 Å². The van der Waals surface area contributed by atoms with Crippen LogP contribution in [0.25, 0.3) is 0 Å². The van der Waals surface area contributed by atoms with Crippen LogP contribution in [0.3, 0.4) is 0 Å². The van der Waals surface area contributed by atoms with Gasteiger partial charge in [0.2, 0.25) is 11.8 Å². The standard InChI is InChI=1S/2C3H5NO.C2H4O/c2*1-2-3(4)5;1-2-3/h2*2H,1H2,(H2,4,5);2-3H,1H2. The van der Waals surface area contributed by atoms with E-state index in [9.17, 15) is 9.59 Å². The molecule has 0 heterocycles. The summed E-state index contributed by atoms with van der Waals surface area (Å²) in [5, 5.41) is 7.33. The molecule has 0 saturated heterocycles. The molecule has 5 heteroatoms. The van der Waals surface area contributed by atoms with Crippen LogP contribution in [-0.4, -0.2) is 16.9 Å². The Morgan fingerprint density at radius 2 is 1.08 bits per heavy atom. The number of carbonyl (C=O) groups excluding carboxylic acids is 2. The third kappa shape index (κ3) is 164. The van der Waals surface area contributed by atoms with Crippen LogP contribution >= 0.6 is 0 Å². The number of hydrogen-bond donors (Lipinski definition) is 3. The molecule has 5 N–H and O–H groups in total. The molecule has 5 nitrogen and oxygen atoms in total. The number of carbonyl (C=O) groups is 2. The Kier molecular flexibility index (Phi) is 21.8. The average Bonchev–Trinajstić information content (AvgIpc) is 2.07. The number of primary amides is 2. The fourth-order valence-electron chi connectivity index (χ4n) is 0. The molecule has 0 rings (SSSR count). The highest BCUT2D eigenvalue weighted by Crippen LogP contribution is 1.49. The molecule has 0 fully saturated rings. The van der Waals surface area contributed by atoms with Crippen LogP contribution in [0.2, 0.25) is 0 Å². The van der Waals surface area contributed by atoms with Gasteiger partial charge in [0, 0.05) is 0 Å². The third-order valence-electron chi connectivity index (χ3n) is 0.402. The Balaban J connectivity index is -0.000000120. The lowest BCUT2D eigenvalue weighted by molar-refractivity contribution is -0.114. The number of aliphatic hydroxyl groups excluding tert-OH is 1. The summed E-state index contributed by atoms with van der Waals surface area (Å²) < 4.78 is 0. The molecule has 0 aliphatic carbocycles. The Morgan fingerprint density at radius 3 is 1.08 bits per heavy atom. The van der Waals surface area contributed by atoms with E-state index in [1.54, 1.807) is 0 Å². The predicted octanol–water partition coefficient (Wildman–Crippen LogP) is 0.00330. The van der Waals surface area contributed by atoms with Crippen molar-refractivity contribution in [3.63, 3.8) is 0 Å². The van der Waals surface area contributed by atoms with Crippen molar-refractivity contribution in [1.29, 1.82) is 0 Å². The summed E-state index contributed by atoms with van der Waals surface area (Å²) in [4.78, 5) is 18.9. The van der Waals surface area contributed by atoms with Gasteiger partial charge in [0.15, 0.2) is 0 Å². The summed E-state index contributed by atoms with van der Waals surface area (Å²) in [5.41, 5.74) is 9.07. The van der Waals surface area contributed by atoms with Crippen LogP contribution in [0.5, 0.6) is 0 Å². The van der Waals surface area contributed by atoms with E-state index in [-0.39, 0.29) is 0 Å². The lowest BCUT2D eigenvalue weighted by Gasteiger charge is -1.65. The number of nitrogens with two attached hydrogens (primary N) is 2. The molecular formula is C8H14N2O3. The lowest BCUT2D eigenvalue weighted by Crippen LogP contribution is -2.04. The molecule has 0 atom stereocenters. The van der Waals surface area contributed by atoms with Crippen LogP contribution in [0.4, 0.5) is 0 Å². The maximum atomic E-state index is 9.47. The van der Waals surface area contributed by atoms with Gasteiger partial charge < -0.3 is 16.6 Å². The molecule has 0 aromatic heterocycles. The molecule has 0 aliphatic rings. The second-order valence-electron chi connectivity index (χ2n) is 1.40. The molecule has 13 heavy (non-hydrogen) atoms. The van der Waals surface area contributed by atoms with Gasteiger partial charge >= 0.3 is 0 Å². The van der Waals surface area contributed by atoms with E-state index >= 15 is 0 Å². The normalized spacial score (nSPS) is 5.85. The highest BCUT2D eigenvalue weighted by molar-refractivity contribution is 5.85. The van der Waals surface area contributed by atoms with Crippen molar-refractivity contribution in [1.82, 2.24) is 0 Å². The Morgan fingerprint density at radius 1 is 1.00 bits per heavy atom. The quantitative estimate of drug-likeness (QED) is 0.417. The fraction of sp³-hybridized carbons (Fsp3) is 0. The minimum atomic E-state index is -0.481. The Bertz CT molecular complexity index is 170. The predicted molar refractivity (Wildman–Crippen MR) is 51.6 cm³/mol. The smallest absolute Gasteiger partial charge is 0.240 e. The van der Waals surface area contributed by atoms with E-state index < -0.39 is 11.8 Å². The topological polar surface area (TPSA) is 106 Å². The zero-order chi connectivity index (χ0) is 11.3. The minimum absolute atomic E-state index is 0.481. The van der Waals surface area contributed by atoms with E-state index in [1.165, 1.54) is 0 Å². The van der Waals surface area contributed by atoms with E-state index in [1.807, 2.05) is 0 Å². The first-order valence-electron chi connectivity index (χ1n) is 3.05. The van der Waals surface area contributed by atoms with E-state index in [2.05, 4.69) is 31.2 Å². The number of rotatable bonds is 2. The second kappa shape index (κ2) is 16.5. The van der Waals surface area contributed by atoms with E-state index in [4.69, 9.17) is 5.11 Å². The zero-order valence-electron chi connectivity index (χ0n) is 7.27. The molecular weight excluding hydrogens is 172 g/mol. The average molecular weight is 186 g/mol. The number of aliphatic hydroxyl groups is 1. The maximum Gasteiger partial charge on any atom is 0.240 e. The fourth-order valence-corrected chi connectivity index (χ4v) is 0. The Hall–Kier alpha value is -2.04. The molecule has 0 aliphatic heterocycles. The number of hydrogen-bond acceptors (Lipinski definition) is 3. The van der Waals surface area contributed by atoms with Gasteiger partial charge in [0.1, 0.15) is 0 Å². The molecule has 0 unspecified atom stereocenters. The summed E-state index contributed by atoms with van der Waals surface area (Å²) in [6, 6.07) is 0. The van der Waals surface area contributed by atoms with Crippen molar-refractivity contribution in [2.75, 3.05) is 0 Å². The van der Waals surface area contributed by atoms with Crippen molar-refractivity contribution in [2.24, 2.45) is 11.5 Å². The van der Waals surface area contributed by atoms with Gasteiger partial charge in [-0.3, -0.25) is 9.59 Å². The van der Waals surface area contributed by atoms with Crippen LogP contribution in [0.1, 0.15) is 0 Å². The maximum absolute atomic E-state index is 9.47. The van der Waals surface area contributed by atoms with Crippen LogP contribution in [-0.2, 0) is 9.59 Å². The van der Waals surface area contributed by atoms with Crippen molar-refractivity contribution < 1.29 is 14.7 Å². The molecule has 0 radical (unpaired) electrons. The highest BCUT2D eigenvalue weighted by Gasteiger charge is 1.69. The largest absolute Gasteiger partial charge is 0.516 e. The first kappa shape index (κ1) is 17.2. The minimum Gasteiger partial charge on any atom is -0.516 e. The highest BCUT2D eigenvalue weighted by atomic mass is 16.2. The first-order chi connectivity index (χ1) is 5.95. The summed E-state index contributed by atoms with van der Waals surface area (Å²) in [7, 11) is 0. The lowest BCUT2D eigenvalue weighted by atomic mass is 10.6. The molecule has 0 saturated carbocycles. The summed E-state index contributed by atoms with van der Waals surface area (Å²) in [6.45, 7) is 9.09.